The van der Waals surface area contributed by atoms with Gasteiger partial charge < -0.3 is 31.4 Å². The number of rotatable bonds is 5. The molecule has 1 aromatic carbocycles. The zero-order valence-electron chi connectivity index (χ0n) is 15.8. The quantitative estimate of drug-likeness (QED) is 0.379. The smallest absolute Gasteiger partial charge is 0.173 e. The van der Waals surface area contributed by atoms with Gasteiger partial charge in [0.25, 0.3) is 0 Å². The van der Waals surface area contributed by atoms with Gasteiger partial charge in [-0.1, -0.05) is 24.3 Å². The molecule has 0 aliphatic rings. The van der Waals surface area contributed by atoms with Crippen molar-refractivity contribution in [2.75, 3.05) is 19.0 Å². The molecule has 28 heavy (non-hydrogen) atoms. The van der Waals surface area contributed by atoms with E-state index in [0.29, 0.717) is 12.1 Å². The van der Waals surface area contributed by atoms with Crippen LogP contribution in [0.3, 0.4) is 0 Å². The van der Waals surface area contributed by atoms with E-state index in [1.807, 2.05) is 18.7 Å². The van der Waals surface area contributed by atoms with Crippen molar-refractivity contribution in [2.24, 2.45) is 0 Å². The molecule has 0 aliphatic heterocycles. The minimum absolute atomic E-state index is 0. The van der Waals surface area contributed by atoms with Crippen LogP contribution < -0.4 is 31.9 Å². The maximum absolute atomic E-state index is 7.83. The van der Waals surface area contributed by atoms with Gasteiger partial charge in [0.15, 0.2) is 30.1 Å². The zero-order chi connectivity index (χ0) is 18.8. The van der Waals surface area contributed by atoms with E-state index in [0.717, 1.165) is 12.2 Å². The normalized spacial score (nSPS) is 10.6. The summed E-state index contributed by atoms with van der Waals surface area (Å²) in [5.41, 5.74) is 5.22. The second kappa shape index (κ2) is 8.35. The van der Waals surface area contributed by atoms with Crippen LogP contribution in [0.4, 0.5) is 5.69 Å². The van der Waals surface area contributed by atoms with Gasteiger partial charge in [-0.25, -0.2) is 14.5 Å². The number of nitrogens with one attached hydrogen (secondary N) is 2. The number of aromatic nitrogens is 5. The number of H-pyrrole nitrogens is 1. The van der Waals surface area contributed by atoms with Crippen molar-refractivity contribution in [3.8, 4) is 0 Å². The van der Waals surface area contributed by atoms with Gasteiger partial charge in [0.05, 0.1) is 19.2 Å². The number of hydrogen-bond acceptors (Lipinski definition) is 4. The number of pyridine rings is 1. The van der Waals surface area contributed by atoms with Crippen LogP contribution in [-0.4, -0.2) is 33.6 Å². The minimum atomic E-state index is 0. The number of aromatic amines is 1. The van der Waals surface area contributed by atoms with Gasteiger partial charge in [-0.3, -0.25) is 5.41 Å². The molecule has 0 atom stereocenters. The van der Waals surface area contributed by atoms with E-state index < -0.39 is 0 Å². The summed E-state index contributed by atoms with van der Waals surface area (Å²) < 4.78 is 4.12. The molecular formula is C20H22BrN7. The second-order valence-electron chi connectivity index (χ2n) is 6.76. The highest BCUT2D eigenvalue weighted by Crippen LogP contribution is 2.10. The Hall–Kier alpha value is -3.00. The lowest BCUT2D eigenvalue weighted by Crippen LogP contribution is -3.00. The maximum atomic E-state index is 7.83. The third-order valence-corrected chi connectivity index (χ3v) is 4.59. The molecule has 144 valence electrons. The summed E-state index contributed by atoms with van der Waals surface area (Å²) in [7, 11) is 4.08. The van der Waals surface area contributed by atoms with Crippen molar-refractivity contribution >= 4 is 16.9 Å². The number of anilines is 1. The minimum Gasteiger partial charge on any atom is -1.00 e. The molecule has 4 rings (SSSR count). The Kier molecular flexibility index (Phi) is 5.89. The van der Waals surface area contributed by atoms with Crippen molar-refractivity contribution in [2.45, 2.75) is 13.1 Å². The molecule has 0 saturated heterocycles. The Morgan fingerprint density at radius 1 is 1.04 bits per heavy atom. The number of imidazole rings is 1. The third-order valence-electron chi connectivity index (χ3n) is 4.59. The first-order valence-corrected chi connectivity index (χ1v) is 8.77. The highest BCUT2D eigenvalue weighted by molar-refractivity contribution is 5.68. The Morgan fingerprint density at radius 2 is 1.71 bits per heavy atom. The molecule has 8 heteroatoms. The first-order chi connectivity index (χ1) is 13.1. The van der Waals surface area contributed by atoms with Gasteiger partial charge >= 0.3 is 0 Å². The Balaban J connectivity index is 0.00000225. The first kappa shape index (κ1) is 19.8. The van der Waals surface area contributed by atoms with Gasteiger partial charge in [0, 0.05) is 37.5 Å². The molecule has 0 aliphatic carbocycles. The van der Waals surface area contributed by atoms with Crippen LogP contribution in [0.5, 0.6) is 0 Å². The summed E-state index contributed by atoms with van der Waals surface area (Å²) in [5.74, 6) is 0. The predicted octanol–water partition coefficient (Wildman–Crippen LogP) is -1.31. The number of benzene rings is 1. The van der Waals surface area contributed by atoms with E-state index in [1.165, 1.54) is 16.8 Å². The molecule has 3 heterocycles. The fourth-order valence-corrected chi connectivity index (χ4v) is 3.05. The molecule has 7 nitrogen and oxygen atoms in total. The second-order valence-corrected chi connectivity index (χ2v) is 6.76. The predicted molar refractivity (Wildman–Crippen MR) is 103 cm³/mol. The summed E-state index contributed by atoms with van der Waals surface area (Å²) in [5, 5.41) is 7.83. The molecule has 0 unspecified atom stereocenters. The van der Waals surface area contributed by atoms with Gasteiger partial charge in [-0.15, -0.1) is 0 Å². The molecule has 2 N–H and O–H groups in total. The molecule has 0 spiro atoms. The van der Waals surface area contributed by atoms with Crippen LogP contribution in [0.1, 0.15) is 11.1 Å². The van der Waals surface area contributed by atoms with E-state index in [1.54, 1.807) is 12.7 Å². The van der Waals surface area contributed by atoms with Crippen molar-refractivity contribution in [3.63, 3.8) is 0 Å². The standard InChI is InChI=1S/C20H22N7.BrH/c1-25(2)17-7-9-26(10-8-17)11-15-3-5-16(6-4-15)12-27-14-24-19(21)18-20(27)23-13-22-18;/h3-10,13-14,21H,11-12H2,1-2H3,(H,22,23);1H/q+1;/p-1. The fraction of sp³-hybridized carbons (Fsp3) is 0.200. The Morgan fingerprint density at radius 3 is 2.39 bits per heavy atom. The van der Waals surface area contributed by atoms with E-state index in [9.17, 15) is 0 Å². The highest BCUT2D eigenvalue weighted by Gasteiger charge is 2.07. The topological polar surface area (TPSA) is 77.5 Å². The van der Waals surface area contributed by atoms with Crippen LogP contribution in [0, 0.1) is 5.41 Å². The van der Waals surface area contributed by atoms with E-state index in [4.69, 9.17) is 5.41 Å². The van der Waals surface area contributed by atoms with Crippen LogP contribution in [-0.2, 0) is 13.1 Å². The van der Waals surface area contributed by atoms with Crippen molar-refractivity contribution in [3.05, 3.63) is 78.1 Å². The number of halogens is 1. The summed E-state index contributed by atoms with van der Waals surface area (Å²) in [4.78, 5) is 13.5. The molecule has 3 aromatic heterocycles. The molecule has 0 bridgehead atoms. The van der Waals surface area contributed by atoms with Gasteiger partial charge in [0.2, 0.25) is 0 Å². The lowest BCUT2D eigenvalue weighted by molar-refractivity contribution is -0.688. The lowest BCUT2D eigenvalue weighted by Gasteiger charge is -2.10. The molecule has 0 radical (unpaired) electrons. The van der Waals surface area contributed by atoms with Crippen LogP contribution in [0.2, 0.25) is 0 Å². The largest absolute Gasteiger partial charge is 1.00 e. The average Bonchev–Trinajstić information content (AvgIpc) is 3.17. The van der Waals surface area contributed by atoms with Gasteiger partial charge in [-0.05, 0) is 5.56 Å². The van der Waals surface area contributed by atoms with Crippen LogP contribution >= 0.6 is 0 Å². The summed E-state index contributed by atoms with van der Waals surface area (Å²) >= 11 is 0. The van der Waals surface area contributed by atoms with Crippen molar-refractivity contribution < 1.29 is 21.5 Å². The molecular weight excluding hydrogens is 418 g/mol. The molecule has 4 aromatic rings. The number of nitrogens with zero attached hydrogens (tertiary/aromatic N) is 5. The van der Waals surface area contributed by atoms with E-state index in [-0.39, 0.29) is 22.5 Å². The SMILES string of the molecule is CN(C)c1cc[n+](Cc2ccc(Cn3cnc(=N)c4[nH]cnc43)cc2)cc1.[Br-]. The Bertz CT molecular complexity index is 1110. The van der Waals surface area contributed by atoms with Crippen molar-refractivity contribution in [1.29, 1.82) is 5.41 Å². The summed E-state index contributed by atoms with van der Waals surface area (Å²) in [6, 6.07) is 12.8. The van der Waals surface area contributed by atoms with Crippen molar-refractivity contribution in [1.82, 2.24) is 19.5 Å². The van der Waals surface area contributed by atoms with E-state index in [2.05, 4.69) is 73.2 Å². The highest BCUT2D eigenvalue weighted by atomic mass is 79.9. The van der Waals surface area contributed by atoms with E-state index >= 15 is 0 Å². The monoisotopic (exact) mass is 439 g/mol. The average molecular weight is 440 g/mol. The summed E-state index contributed by atoms with van der Waals surface area (Å²) in [6.45, 7) is 1.50. The molecule has 0 fully saturated rings. The van der Waals surface area contributed by atoms with Gasteiger partial charge in [0.1, 0.15) is 5.52 Å². The van der Waals surface area contributed by atoms with Crippen LogP contribution in [0.25, 0.3) is 11.2 Å². The van der Waals surface area contributed by atoms with Crippen LogP contribution in [0.15, 0.2) is 61.4 Å². The molecule has 0 saturated carbocycles. The summed E-state index contributed by atoms with van der Waals surface area (Å²) in [6.07, 6.45) is 7.47. The number of fused-ring (bicyclic) bond motifs is 1. The third kappa shape index (κ3) is 4.12. The lowest BCUT2D eigenvalue weighted by atomic mass is 10.1. The first-order valence-electron chi connectivity index (χ1n) is 8.77. The maximum Gasteiger partial charge on any atom is 0.173 e. The van der Waals surface area contributed by atoms with Gasteiger partial charge in [-0.2, -0.15) is 0 Å². The Labute approximate surface area is 173 Å². The number of hydrogen-bond donors (Lipinski definition) is 2. The fourth-order valence-electron chi connectivity index (χ4n) is 3.05. The zero-order valence-corrected chi connectivity index (χ0v) is 17.4. The molecule has 0 amide bonds.